The zero-order chi connectivity index (χ0) is 10.6. The van der Waals surface area contributed by atoms with Crippen molar-refractivity contribution in [2.24, 2.45) is 5.73 Å². The smallest absolute Gasteiger partial charge is 0.155 e. The summed E-state index contributed by atoms with van der Waals surface area (Å²) in [6, 6.07) is 5.83. The summed E-state index contributed by atoms with van der Waals surface area (Å²) in [6.07, 6.45) is 0. The second kappa shape index (κ2) is 4.52. The number of benzene rings is 1. The van der Waals surface area contributed by atoms with Gasteiger partial charge >= 0.3 is 0 Å². The van der Waals surface area contributed by atoms with Gasteiger partial charge in [0.05, 0.1) is 11.5 Å². The van der Waals surface area contributed by atoms with E-state index in [1.807, 2.05) is 0 Å². The predicted molar refractivity (Wildman–Crippen MR) is 52.9 cm³/mol. The Morgan fingerprint density at radius 1 is 1.29 bits per heavy atom. The third-order valence-corrected chi connectivity index (χ3v) is 3.37. The molecule has 1 aromatic rings. The molecule has 0 bridgehead atoms. The van der Waals surface area contributed by atoms with Crippen molar-refractivity contribution in [3.05, 3.63) is 35.6 Å². The standard InChI is InChI=1S/C9H12FNO2S/c10-9-4-2-1-3-8(9)7-14(12,13)6-5-11/h1-4H,5-7,11H2. The van der Waals surface area contributed by atoms with E-state index < -0.39 is 15.7 Å². The lowest BCUT2D eigenvalue weighted by molar-refractivity contribution is 0.587. The Kier molecular flexibility index (Phi) is 3.60. The van der Waals surface area contributed by atoms with Crippen LogP contribution in [0.5, 0.6) is 0 Å². The first-order valence-corrected chi connectivity index (χ1v) is 6.01. The van der Waals surface area contributed by atoms with Gasteiger partial charge in [0.25, 0.3) is 0 Å². The van der Waals surface area contributed by atoms with Crippen molar-refractivity contribution in [3.63, 3.8) is 0 Å². The van der Waals surface area contributed by atoms with E-state index in [2.05, 4.69) is 0 Å². The van der Waals surface area contributed by atoms with E-state index in [-0.39, 0.29) is 23.6 Å². The van der Waals surface area contributed by atoms with Gasteiger partial charge in [-0.1, -0.05) is 18.2 Å². The van der Waals surface area contributed by atoms with Crippen molar-refractivity contribution in [1.82, 2.24) is 0 Å². The fraction of sp³-hybridized carbons (Fsp3) is 0.333. The molecule has 0 amide bonds. The molecule has 0 radical (unpaired) electrons. The molecule has 0 atom stereocenters. The number of sulfone groups is 1. The molecule has 0 saturated carbocycles. The van der Waals surface area contributed by atoms with Gasteiger partial charge in [-0.2, -0.15) is 0 Å². The number of nitrogens with two attached hydrogens (primary N) is 1. The van der Waals surface area contributed by atoms with Crippen LogP contribution in [0, 0.1) is 5.82 Å². The average Bonchev–Trinajstić information content (AvgIpc) is 2.08. The third kappa shape index (κ3) is 3.08. The molecule has 14 heavy (non-hydrogen) atoms. The molecule has 0 fully saturated rings. The quantitative estimate of drug-likeness (QED) is 0.807. The highest BCUT2D eigenvalue weighted by atomic mass is 32.2. The average molecular weight is 217 g/mol. The van der Waals surface area contributed by atoms with Gasteiger partial charge in [0.1, 0.15) is 5.82 Å². The Balaban J connectivity index is 2.84. The van der Waals surface area contributed by atoms with Gasteiger partial charge in [0.15, 0.2) is 9.84 Å². The highest BCUT2D eigenvalue weighted by Gasteiger charge is 2.13. The van der Waals surface area contributed by atoms with E-state index in [9.17, 15) is 12.8 Å². The Morgan fingerprint density at radius 2 is 1.93 bits per heavy atom. The summed E-state index contributed by atoms with van der Waals surface area (Å²) < 4.78 is 35.7. The monoisotopic (exact) mass is 217 g/mol. The molecule has 0 aliphatic carbocycles. The number of hydrogen-bond donors (Lipinski definition) is 1. The number of rotatable bonds is 4. The van der Waals surface area contributed by atoms with Crippen molar-refractivity contribution in [3.8, 4) is 0 Å². The van der Waals surface area contributed by atoms with Gasteiger partial charge in [-0.05, 0) is 6.07 Å². The second-order valence-corrected chi connectivity index (χ2v) is 5.16. The van der Waals surface area contributed by atoms with Crippen LogP contribution in [0.3, 0.4) is 0 Å². The molecule has 78 valence electrons. The van der Waals surface area contributed by atoms with Gasteiger partial charge in [-0.15, -0.1) is 0 Å². The zero-order valence-electron chi connectivity index (χ0n) is 7.61. The first-order valence-electron chi connectivity index (χ1n) is 4.19. The van der Waals surface area contributed by atoms with E-state index in [4.69, 9.17) is 5.73 Å². The molecular formula is C9H12FNO2S. The second-order valence-electron chi connectivity index (χ2n) is 2.97. The fourth-order valence-electron chi connectivity index (χ4n) is 1.10. The molecular weight excluding hydrogens is 205 g/mol. The molecule has 0 unspecified atom stereocenters. The topological polar surface area (TPSA) is 60.2 Å². The number of halogens is 1. The van der Waals surface area contributed by atoms with Crippen LogP contribution in [0.1, 0.15) is 5.56 Å². The molecule has 0 aliphatic heterocycles. The first kappa shape index (κ1) is 11.1. The SMILES string of the molecule is NCCS(=O)(=O)Cc1ccccc1F. The molecule has 0 heterocycles. The van der Waals surface area contributed by atoms with Crippen LogP contribution in [-0.2, 0) is 15.6 Å². The lowest BCUT2D eigenvalue weighted by Gasteiger charge is -2.03. The molecule has 1 rings (SSSR count). The molecule has 1 aromatic carbocycles. The molecule has 0 aromatic heterocycles. The van der Waals surface area contributed by atoms with Gasteiger partial charge in [-0.25, -0.2) is 12.8 Å². The molecule has 0 saturated heterocycles. The van der Waals surface area contributed by atoms with Crippen LogP contribution in [0.4, 0.5) is 4.39 Å². The predicted octanol–water partition coefficient (Wildman–Crippen LogP) is 0.699. The Hall–Kier alpha value is -0.940. The minimum Gasteiger partial charge on any atom is -0.329 e. The van der Waals surface area contributed by atoms with Crippen LogP contribution < -0.4 is 5.73 Å². The maximum atomic E-state index is 13.1. The maximum absolute atomic E-state index is 13.1. The minimum atomic E-state index is -3.27. The van der Waals surface area contributed by atoms with Gasteiger partial charge in [0.2, 0.25) is 0 Å². The van der Waals surface area contributed by atoms with E-state index in [0.717, 1.165) is 0 Å². The molecule has 3 nitrogen and oxygen atoms in total. The lowest BCUT2D eigenvalue weighted by atomic mass is 10.2. The van der Waals surface area contributed by atoms with Crippen molar-refractivity contribution in [2.75, 3.05) is 12.3 Å². The van der Waals surface area contributed by atoms with Gasteiger partial charge in [-0.3, -0.25) is 0 Å². The van der Waals surface area contributed by atoms with Crippen LogP contribution in [0.15, 0.2) is 24.3 Å². The molecule has 0 aliphatic rings. The highest BCUT2D eigenvalue weighted by Crippen LogP contribution is 2.10. The van der Waals surface area contributed by atoms with Crippen LogP contribution in [0.25, 0.3) is 0 Å². The van der Waals surface area contributed by atoms with Gasteiger partial charge < -0.3 is 5.73 Å². The highest BCUT2D eigenvalue weighted by molar-refractivity contribution is 7.90. The zero-order valence-corrected chi connectivity index (χ0v) is 8.43. The van der Waals surface area contributed by atoms with E-state index >= 15 is 0 Å². The summed E-state index contributed by atoms with van der Waals surface area (Å²) in [6.45, 7) is 0.0663. The summed E-state index contributed by atoms with van der Waals surface area (Å²) in [5.41, 5.74) is 5.33. The summed E-state index contributed by atoms with van der Waals surface area (Å²) in [7, 11) is -3.27. The Morgan fingerprint density at radius 3 is 2.50 bits per heavy atom. The third-order valence-electron chi connectivity index (χ3n) is 1.76. The molecule has 2 N–H and O–H groups in total. The molecule has 0 spiro atoms. The van der Waals surface area contributed by atoms with Crippen molar-refractivity contribution >= 4 is 9.84 Å². The van der Waals surface area contributed by atoms with Crippen molar-refractivity contribution in [1.29, 1.82) is 0 Å². The van der Waals surface area contributed by atoms with Gasteiger partial charge in [0, 0.05) is 12.1 Å². The largest absolute Gasteiger partial charge is 0.329 e. The van der Waals surface area contributed by atoms with E-state index in [1.54, 1.807) is 6.07 Å². The molecule has 5 heteroatoms. The Labute approximate surface area is 82.7 Å². The Bertz CT molecular complexity index is 403. The van der Waals surface area contributed by atoms with Crippen molar-refractivity contribution < 1.29 is 12.8 Å². The van der Waals surface area contributed by atoms with E-state index in [1.165, 1.54) is 18.2 Å². The number of hydrogen-bond acceptors (Lipinski definition) is 3. The normalized spacial score (nSPS) is 11.6. The van der Waals surface area contributed by atoms with Crippen molar-refractivity contribution in [2.45, 2.75) is 5.75 Å². The summed E-state index contributed by atoms with van der Waals surface area (Å²) in [4.78, 5) is 0. The van der Waals surface area contributed by atoms with Crippen LogP contribution in [0.2, 0.25) is 0 Å². The summed E-state index contributed by atoms with van der Waals surface area (Å²) >= 11 is 0. The summed E-state index contributed by atoms with van der Waals surface area (Å²) in [5, 5.41) is 0. The van der Waals surface area contributed by atoms with Crippen LogP contribution >= 0.6 is 0 Å². The minimum absolute atomic E-state index is 0.0663. The summed E-state index contributed by atoms with van der Waals surface area (Å²) in [5.74, 6) is -0.883. The maximum Gasteiger partial charge on any atom is 0.155 e. The lowest BCUT2D eigenvalue weighted by Crippen LogP contribution is -2.17. The fourth-order valence-corrected chi connectivity index (χ4v) is 2.32. The van der Waals surface area contributed by atoms with Crippen LogP contribution in [-0.4, -0.2) is 20.7 Å². The first-order chi connectivity index (χ1) is 6.55. The van der Waals surface area contributed by atoms with E-state index in [0.29, 0.717) is 0 Å².